The third kappa shape index (κ3) is 4.06. The molecule has 0 saturated heterocycles. The molecule has 2 rings (SSSR count). The molecule has 0 spiro atoms. The molecule has 6 heteroatoms. The van der Waals surface area contributed by atoms with Gasteiger partial charge in [0.25, 0.3) is 0 Å². The van der Waals surface area contributed by atoms with Crippen LogP contribution in [-0.2, 0) is 16.4 Å². The lowest BCUT2D eigenvalue weighted by atomic mass is 9.87. The number of hydrogen-bond donors (Lipinski definition) is 1. The first-order valence-electron chi connectivity index (χ1n) is 7.04. The quantitative estimate of drug-likeness (QED) is 0.715. The van der Waals surface area contributed by atoms with Gasteiger partial charge in [0.1, 0.15) is 16.8 Å². The fourth-order valence-electron chi connectivity index (χ4n) is 2.14. The van der Waals surface area contributed by atoms with E-state index in [-0.39, 0.29) is 11.2 Å². The van der Waals surface area contributed by atoms with Crippen LogP contribution in [0, 0.1) is 12.7 Å². The van der Waals surface area contributed by atoms with Gasteiger partial charge in [0.05, 0.1) is 20.6 Å². The molecule has 0 aliphatic heterocycles. The van der Waals surface area contributed by atoms with Crippen LogP contribution >= 0.6 is 23.2 Å². The van der Waals surface area contributed by atoms with Gasteiger partial charge < -0.3 is 4.72 Å². The van der Waals surface area contributed by atoms with Crippen molar-refractivity contribution >= 4 is 39.9 Å². The van der Waals surface area contributed by atoms with E-state index in [2.05, 4.69) is 4.72 Å². The summed E-state index contributed by atoms with van der Waals surface area (Å²) >= 11 is 12.0. The van der Waals surface area contributed by atoms with E-state index in [1.165, 1.54) is 6.07 Å². The molecule has 0 aliphatic carbocycles. The third-order valence-corrected chi connectivity index (χ3v) is 5.49. The highest BCUT2D eigenvalue weighted by atomic mass is 35.5. The van der Waals surface area contributed by atoms with Gasteiger partial charge in [-0.15, -0.1) is 0 Å². The van der Waals surface area contributed by atoms with Crippen molar-refractivity contribution < 1.29 is 8.60 Å². The maximum Gasteiger partial charge on any atom is 0.150 e. The maximum absolute atomic E-state index is 14.2. The molecule has 0 heterocycles. The van der Waals surface area contributed by atoms with E-state index >= 15 is 0 Å². The van der Waals surface area contributed by atoms with Gasteiger partial charge in [0, 0.05) is 0 Å². The molecule has 23 heavy (non-hydrogen) atoms. The van der Waals surface area contributed by atoms with Gasteiger partial charge in [-0.05, 0) is 47.7 Å². The van der Waals surface area contributed by atoms with Crippen molar-refractivity contribution in [3.8, 4) is 0 Å². The lowest BCUT2D eigenvalue weighted by molar-refractivity contribution is 0.520. The monoisotopic (exact) mass is 373 g/mol. The number of anilines is 1. The van der Waals surface area contributed by atoms with Crippen LogP contribution in [0.1, 0.15) is 31.9 Å². The van der Waals surface area contributed by atoms with Crippen molar-refractivity contribution in [2.75, 3.05) is 4.72 Å². The van der Waals surface area contributed by atoms with Crippen LogP contribution in [0.25, 0.3) is 0 Å². The van der Waals surface area contributed by atoms with Crippen molar-refractivity contribution in [3.63, 3.8) is 0 Å². The Labute approximate surface area is 148 Å². The topological polar surface area (TPSA) is 29.1 Å². The highest BCUT2D eigenvalue weighted by molar-refractivity contribution is 7.86. The Morgan fingerprint density at radius 2 is 1.78 bits per heavy atom. The number of rotatable bonds is 3. The zero-order valence-corrected chi connectivity index (χ0v) is 15.7. The molecule has 124 valence electrons. The Morgan fingerprint density at radius 3 is 2.35 bits per heavy atom. The second-order valence-corrected chi connectivity index (χ2v) is 8.29. The maximum atomic E-state index is 14.2. The molecule has 0 aliphatic rings. The molecule has 2 aromatic rings. The molecule has 0 bridgehead atoms. The lowest BCUT2D eigenvalue weighted by Gasteiger charge is -2.20. The van der Waals surface area contributed by atoms with Crippen molar-refractivity contribution in [1.29, 1.82) is 0 Å². The van der Waals surface area contributed by atoms with E-state index in [1.807, 2.05) is 20.8 Å². The molecule has 2 nitrogen and oxygen atoms in total. The fraction of sp³-hybridized carbons (Fsp3) is 0.294. The molecule has 1 unspecified atom stereocenters. The molecule has 0 fully saturated rings. The lowest BCUT2D eigenvalue weighted by Crippen LogP contribution is -2.14. The highest BCUT2D eigenvalue weighted by Crippen LogP contribution is 2.32. The molecule has 0 aromatic heterocycles. The Balaban J connectivity index is 2.29. The Kier molecular flexibility index (Phi) is 5.39. The van der Waals surface area contributed by atoms with Gasteiger partial charge in [-0.1, -0.05) is 50.0 Å². The molecular weight excluding hydrogens is 356 g/mol. The molecular formula is C17H18Cl2FNOS. The van der Waals surface area contributed by atoms with E-state index in [9.17, 15) is 8.60 Å². The molecule has 1 N–H and O–H groups in total. The second kappa shape index (κ2) is 6.80. The zero-order chi connectivity index (χ0) is 17.4. The predicted octanol–water partition coefficient (Wildman–Crippen LogP) is 5.87. The van der Waals surface area contributed by atoms with Crippen molar-refractivity contribution in [1.82, 2.24) is 0 Å². The number of halogens is 3. The summed E-state index contributed by atoms with van der Waals surface area (Å²) in [4.78, 5) is 0.362. The van der Waals surface area contributed by atoms with Crippen LogP contribution in [-0.4, -0.2) is 4.21 Å². The number of benzene rings is 2. The summed E-state index contributed by atoms with van der Waals surface area (Å²) in [5, 5.41) is 0.837. The van der Waals surface area contributed by atoms with Gasteiger partial charge in [-0.25, -0.2) is 8.60 Å². The molecule has 2 aromatic carbocycles. The first kappa shape index (κ1) is 18.2. The van der Waals surface area contributed by atoms with E-state index in [4.69, 9.17) is 23.2 Å². The Bertz CT molecular complexity index is 772. The van der Waals surface area contributed by atoms with Crippen molar-refractivity contribution in [2.45, 2.75) is 38.0 Å². The Morgan fingerprint density at radius 1 is 1.13 bits per heavy atom. The van der Waals surface area contributed by atoms with E-state index in [1.54, 1.807) is 31.2 Å². The van der Waals surface area contributed by atoms with Crippen LogP contribution in [0.5, 0.6) is 0 Å². The molecule has 0 amide bonds. The summed E-state index contributed by atoms with van der Waals surface area (Å²) in [5.74, 6) is -0.365. The average Bonchev–Trinajstić information content (AvgIpc) is 2.46. The van der Waals surface area contributed by atoms with Crippen LogP contribution < -0.4 is 4.72 Å². The molecule has 0 saturated carbocycles. The van der Waals surface area contributed by atoms with Crippen molar-refractivity contribution in [3.05, 3.63) is 57.3 Å². The van der Waals surface area contributed by atoms with Gasteiger partial charge in [-0.2, -0.15) is 0 Å². The van der Waals surface area contributed by atoms with Gasteiger partial charge >= 0.3 is 0 Å². The molecule has 1 atom stereocenters. The minimum Gasteiger partial charge on any atom is -0.301 e. The Hall–Kier alpha value is -1.10. The van der Waals surface area contributed by atoms with Crippen molar-refractivity contribution in [2.24, 2.45) is 0 Å². The first-order chi connectivity index (χ1) is 10.6. The number of hydrogen-bond acceptors (Lipinski definition) is 1. The van der Waals surface area contributed by atoms with E-state index in [0.717, 1.165) is 0 Å². The summed E-state index contributed by atoms with van der Waals surface area (Å²) in [6.07, 6.45) is 0. The summed E-state index contributed by atoms with van der Waals surface area (Å²) in [6, 6.07) is 7.96. The van der Waals surface area contributed by atoms with Crippen LogP contribution in [0.3, 0.4) is 0 Å². The summed E-state index contributed by atoms with van der Waals surface area (Å²) in [7, 11) is -1.60. The SMILES string of the molecule is Cc1c(NS(=O)c2ccc(C(C)(C)C)c(F)c2)ccc(Cl)c1Cl. The largest absolute Gasteiger partial charge is 0.301 e. The molecule has 0 radical (unpaired) electrons. The second-order valence-electron chi connectivity index (χ2n) is 6.30. The standard InChI is InChI=1S/C17H18Cl2FNOS/c1-10-15(8-7-13(18)16(10)19)21-23(22)11-5-6-12(14(20)9-11)17(2,3)4/h5-9,21H,1-4H3. The number of nitrogens with one attached hydrogen (secondary N) is 1. The fourth-order valence-corrected chi connectivity index (χ4v) is 3.45. The van der Waals surface area contributed by atoms with E-state index in [0.29, 0.717) is 31.8 Å². The minimum atomic E-state index is -1.60. The van der Waals surface area contributed by atoms with Crippen LogP contribution in [0.2, 0.25) is 10.0 Å². The summed E-state index contributed by atoms with van der Waals surface area (Å²) in [6.45, 7) is 7.56. The van der Waals surface area contributed by atoms with Gasteiger partial charge in [0.15, 0.2) is 0 Å². The zero-order valence-electron chi connectivity index (χ0n) is 13.3. The summed E-state index contributed by atoms with van der Waals surface area (Å²) in [5.41, 5.74) is 1.57. The smallest absolute Gasteiger partial charge is 0.150 e. The normalized spacial score (nSPS) is 13.0. The van der Waals surface area contributed by atoms with Gasteiger partial charge in [0.2, 0.25) is 0 Å². The highest BCUT2D eigenvalue weighted by Gasteiger charge is 2.19. The third-order valence-electron chi connectivity index (χ3n) is 3.50. The van der Waals surface area contributed by atoms with Crippen LogP contribution in [0.15, 0.2) is 35.2 Å². The van der Waals surface area contributed by atoms with Gasteiger partial charge in [-0.3, -0.25) is 0 Å². The first-order valence-corrected chi connectivity index (χ1v) is 8.95. The van der Waals surface area contributed by atoms with Crippen LogP contribution in [0.4, 0.5) is 10.1 Å². The minimum absolute atomic E-state index is 0.308. The average molecular weight is 374 g/mol. The van der Waals surface area contributed by atoms with E-state index < -0.39 is 11.0 Å². The predicted molar refractivity (Wildman–Crippen MR) is 96.3 cm³/mol. The summed E-state index contributed by atoms with van der Waals surface area (Å²) < 4.78 is 29.5.